The number of hydrogen-bond acceptors (Lipinski definition) is 2. The van der Waals surface area contributed by atoms with Crippen LogP contribution in [0.1, 0.15) is 24.1 Å². The van der Waals surface area contributed by atoms with Gasteiger partial charge in [0.1, 0.15) is 11.6 Å². The van der Waals surface area contributed by atoms with Crippen LogP contribution in [0.3, 0.4) is 0 Å². The molecule has 0 aliphatic heterocycles. The Hall–Kier alpha value is -1.58. The second-order valence-corrected chi connectivity index (χ2v) is 4.99. The fourth-order valence-electron chi connectivity index (χ4n) is 2.06. The first-order chi connectivity index (χ1) is 9.61. The summed E-state index contributed by atoms with van der Waals surface area (Å²) in [6, 6.07) is 12.1. The molecule has 0 radical (unpaired) electrons. The molecule has 1 atom stereocenters. The fourth-order valence-corrected chi connectivity index (χ4v) is 2.26. The number of rotatable bonds is 5. The molecule has 106 valence electrons. The summed E-state index contributed by atoms with van der Waals surface area (Å²) >= 11 is 6.11. The van der Waals surface area contributed by atoms with E-state index in [1.165, 1.54) is 12.1 Å². The van der Waals surface area contributed by atoms with Crippen molar-refractivity contribution < 1.29 is 9.13 Å². The van der Waals surface area contributed by atoms with E-state index in [9.17, 15) is 4.39 Å². The van der Waals surface area contributed by atoms with Gasteiger partial charge in [0, 0.05) is 23.2 Å². The van der Waals surface area contributed by atoms with Crippen LogP contribution in [0.5, 0.6) is 5.75 Å². The Bertz CT molecular complexity index is 588. The average molecular weight is 294 g/mol. The van der Waals surface area contributed by atoms with E-state index in [0.29, 0.717) is 12.3 Å². The minimum absolute atomic E-state index is 0.0445. The van der Waals surface area contributed by atoms with E-state index in [1.54, 1.807) is 13.2 Å². The van der Waals surface area contributed by atoms with E-state index < -0.39 is 0 Å². The first kappa shape index (κ1) is 14.8. The highest BCUT2D eigenvalue weighted by Gasteiger charge is 2.12. The molecule has 2 rings (SSSR count). The maximum atomic E-state index is 13.4. The molecule has 0 aliphatic carbocycles. The Labute approximate surface area is 123 Å². The Morgan fingerprint density at radius 2 is 2.00 bits per heavy atom. The summed E-state index contributed by atoms with van der Waals surface area (Å²) in [5.41, 5.74) is 1.80. The highest BCUT2D eigenvalue weighted by Crippen LogP contribution is 2.26. The van der Waals surface area contributed by atoms with Gasteiger partial charge in [-0.15, -0.1) is 0 Å². The number of ether oxygens (including phenoxy) is 1. The summed E-state index contributed by atoms with van der Waals surface area (Å²) < 4.78 is 18.6. The molecule has 0 bridgehead atoms. The second-order valence-electron chi connectivity index (χ2n) is 4.58. The van der Waals surface area contributed by atoms with Crippen molar-refractivity contribution in [3.8, 4) is 5.75 Å². The number of benzene rings is 2. The molecule has 2 aromatic carbocycles. The zero-order valence-electron chi connectivity index (χ0n) is 11.5. The summed E-state index contributed by atoms with van der Waals surface area (Å²) in [6.45, 7) is 2.58. The second kappa shape index (κ2) is 6.73. The molecule has 4 heteroatoms. The number of methoxy groups -OCH3 is 1. The highest BCUT2D eigenvalue weighted by atomic mass is 35.5. The maximum Gasteiger partial charge on any atom is 0.123 e. The zero-order valence-corrected chi connectivity index (χ0v) is 12.2. The highest BCUT2D eigenvalue weighted by molar-refractivity contribution is 6.31. The van der Waals surface area contributed by atoms with E-state index in [4.69, 9.17) is 16.3 Å². The maximum absolute atomic E-state index is 13.4. The van der Waals surface area contributed by atoms with Crippen molar-refractivity contribution in [3.05, 3.63) is 64.4 Å². The van der Waals surface area contributed by atoms with Crippen LogP contribution < -0.4 is 10.1 Å². The molecule has 0 saturated carbocycles. The SMILES string of the molecule is COc1ccc(F)cc1C(C)NCc1ccccc1Cl. The summed E-state index contributed by atoms with van der Waals surface area (Å²) in [6.07, 6.45) is 0. The molecule has 1 unspecified atom stereocenters. The zero-order chi connectivity index (χ0) is 14.5. The Balaban J connectivity index is 2.11. The Morgan fingerprint density at radius 1 is 1.25 bits per heavy atom. The van der Waals surface area contributed by atoms with E-state index in [0.717, 1.165) is 16.1 Å². The van der Waals surface area contributed by atoms with Gasteiger partial charge < -0.3 is 10.1 Å². The summed E-state index contributed by atoms with van der Waals surface area (Å²) in [7, 11) is 1.58. The summed E-state index contributed by atoms with van der Waals surface area (Å²) in [5.74, 6) is 0.401. The summed E-state index contributed by atoms with van der Waals surface area (Å²) in [5, 5.41) is 4.05. The quantitative estimate of drug-likeness (QED) is 0.885. The van der Waals surface area contributed by atoms with Gasteiger partial charge in [-0.1, -0.05) is 29.8 Å². The molecular weight excluding hydrogens is 277 g/mol. The van der Waals surface area contributed by atoms with Crippen molar-refractivity contribution in [3.63, 3.8) is 0 Å². The molecule has 0 spiro atoms. The van der Waals surface area contributed by atoms with Gasteiger partial charge in [0.05, 0.1) is 7.11 Å². The third kappa shape index (κ3) is 3.50. The fraction of sp³-hybridized carbons (Fsp3) is 0.250. The van der Waals surface area contributed by atoms with Crippen LogP contribution in [0.25, 0.3) is 0 Å². The first-order valence-electron chi connectivity index (χ1n) is 6.42. The smallest absolute Gasteiger partial charge is 0.123 e. The largest absolute Gasteiger partial charge is 0.496 e. The molecule has 0 aliphatic rings. The van der Waals surface area contributed by atoms with Crippen molar-refractivity contribution >= 4 is 11.6 Å². The molecule has 2 nitrogen and oxygen atoms in total. The first-order valence-corrected chi connectivity index (χ1v) is 6.80. The Kier molecular flexibility index (Phi) is 4.99. The third-order valence-corrected chi connectivity index (χ3v) is 3.58. The molecule has 0 aromatic heterocycles. The van der Waals surface area contributed by atoms with Gasteiger partial charge in [-0.05, 0) is 36.8 Å². The van der Waals surface area contributed by atoms with Crippen LogP contribution in [0.2, 0.25) is 5.02 Å². The van der Waals surface area contributed by atoms with Gasteiger partial charge in [0.2, 0.25) is 0 Å². The van der Waals surface area contributed by atoms with Crippen LogP contribution in [0.15, 0.2) is 42.5 Å². The molecular formula is C16H17ClFNO. The van der Waals surface area contributed by atoms with Gasteiger partial charge in [-0.25, -0.2) is 4.39 Å². The van der Waals surface area contributed by atoms with Gasteiger partial charge in [-0.3, -0.25) is 0 Å². The van der Waals surface area contributed by atoms with Gasteiger partial charge in [0.25, 0.3) is 0 Å². The third-order valence-electron chi connectivity index (χ3n) is 3.21. The predicted octanol–water partition coefficient (Wildman–Crippen LogP) is 4.34. The normalized spacial score (nSPS) is 12.2. The van der Waals surface area contributed by atoms with Crippen molar-refractivity contribution in [2.24, 2.45) is 0 Å². The lowest BCUT2D eigenvalue weighted by Gasteiger charge is -2.18. The van der Waals surface area contributed by atoms with Gasteiger partial charge >= 0.3 is 0 Å². The summed E-state index contributed by atoms with van der Waals surface area (Å²) in [4.78, 5) is 0. The molecule has 2 aromatic rings. The molecule has 0 fully saturated rings. The molecule has 0 saturated heterocycles. The molecule has 1 N–H and O–H groups in total. The standard InChI is InChI=1S/C16H17ClFNO/c1-11(14-9-13(18)7-8-16(14)20-2)19-10-12-5-3-4-6-15(12)17/h3-9,11,19H,10H2,1-2H3. The van der Waals surface area contributed by atoms with E-state index in [-0.39, 0.29) is 11.9 Å². The number of halogens is 2. The Morgan fingerprint density at radius 3 is 2.70 bits per heavy atom. The van der Waals surface area contributed by atoms with Crippen molar-refractivity contribution in [2.75, 3.05) is 7.11 Å². The molecule has 20 heavy (non-hydrogen) atoms. The van der Waals surface area contributed by atoms with E-state index >= 15 is 0 Å². The van der Waals surface area contributed by atoms with Crippen LogP contribution in [0.4, 0.5) is 4.39 Å². The van der Waals surface area contributed by atoms with Crippen molar-refractivity contribution in [2.45, 2.75) is 19.5 Å². The van der Waals surface area contributed by atoms with Gasteiger partial charge in [-0.2, -0.15) is 0 Å². The van der Waals surface area contributed by atoms with Crippen molar-refractivity contribution in [1.82, 2.24) is 5.32 Å². The van der Waals surface area contributed by atoms with E-state index in [1.807, 2.05) is 31.2 Å². The number of nitrogens with one attached hydrogen (secondary N) is 1. The van der Waals surface area contributed by atoms with Crippen LogP contribution >= 0.6 is 11.6 Å². The van der Waals surface area contributed by atoms with Gasteiger partial charge in [0.15, 0.2) is 0 Å². The average Bonchev–Trinajstić information content (AvgIpc) is 2.46. The predicted molar refractivity (Wildman–Crippen MR) is 79.7 cm³/mol. The lowest BCUT2D eigenvalue weighted by molar-refractivity contribution is 0.399. The number of hydrogen-bond donors (Lipinski definition) is 1. The van der Waals surface area contributed by atoms with Crippen LogP contribution in [0, 0.1) is 5.82 Å². The molecule has 0 amide bonds. The van der Waals surface area contributed by atoms with Crippen LogP contribution in [-0.2, 0) is 6.54 Å². The van der Waals surface area contributed by atoms with Crippen molar-refractivity contribution in [1.29, 1.82) is 0 Å². The topological polar surface area (TPSA) is 21.3 Å². The van der Waals surface area contributed by atoms with E-state index in [2.05, 4.69) is 5.32 Å². The lowest BCUT2D eigenvalue weighted by atomic mass is 10.1. The molecule has 0 heterocycles. The monoisotopic (exact) mass is 293 g/mol. The van der Waals surface area contributed by atoms with Crippen LogP contribution in [-0.4, -0.2) is 7.11 Å². The lowest BCUT2D eigenvalue weighted by Crippen LogP contribution is -2.19. The minimum atomic E-state index is -0.271. The minimum Gasteiger partial charge on any atom is -0.496 e.